The number of rotatable bonds is 7. The number of nitrogens with zero attached hydrogens (tertiary/aromatic N) is 4. The number of hydrogen-bond acceptors (Lipinski definition) is 6. The van der Waals surface area contributed by atoms with Gasteiger partial charge in [-0.15, -0.1) is 0 Å². The van der Waals surface area contributed by atoms with E-state index in [1.807, 2.05) is 13.8 Å². The average Bonchev–Trinajstić information content (AvgIpc) is 2.31. The van der Waals surface area contributed by atoms with Crippen LogP contribution in [-0.4, -0.2) is 41.2 Å². The van der Waals surface area contributed by atoms with Gasteiger partial charge in [0.1, 0.15) is 0 Å². The Morgan fingerprint density at radius 3 is 2.29 bits per heavy atom. The van der Waals surface area contributed by atoms with Crippen LogP contribution in [0.2, 0.25) is 0 Å². The topological polar surface area (TPSA) is 63.2 Å². The lowest BCUT2D eigenvalue weighted by Gasteiger charge is -2.19. The second-order valence-corrected chi connectivity index (χ2v) is 3.38. The van der Waals surface area contributed by atoms with Gasteiger partial charge in [-0.25, -0.2) is 0 Å². The molecule has 0 bridgehead atoms. The van der Waals surface area contributed by atoms with E-state index in [2.05, 4.69) is 39.0 Å². The number of hydrogen-bond donors (Lipinski definition) is 1. The maximum atomic E-state index is 5.34. The molecule has 0 amide bonds. The summed E-state index contributed by atoms with van der Waals surface area (Å²) < 4.78 is 5.34. The second kappa shape index (κ2) is 6.88. The zero-order valence-electron chi connectivity index (χ0n) is 11.0. The summed E-state index contributed by atoms with van der Waals surface area (Å²) in [7, 11) is 0. The zero-order chi connectivity index (χ0) is 12.7. The first kappa shape index (κ1) is 13.5. The van der Waals surface area contributed by atoms with Gasteiger partial charge in [0, 0.05) is 19.6 Å². The van der Waals surface area contributed by atoms with Crippen LogP contribution in [0.3, 0.4) is 0 Å². The Balaban J connectivity index is 3.01. The van der Waals surface area contributed by atoms with Crippen molar-refractivity contribution in [3.05, 3.63) is 0 Å². The monoisotopic (exact) mass is 239 g/mol. The largest absolute Gasteiger partial charge is 0.464 e. The lowest BCUT2D eigenvalue weighted by atomic mass is 10.5. The molecule has 17 heavy (non-hydrogen) atoms. The molecule has 0 saturated heterocycles. The van der Waals surface area contributed by atoms with Gasteiger partial charge in [0.05, 0.1) is 6.61 Å². The molecule has 0 aliphatic rings. The van der Waals surface area contributed by atoms with Crippen LogP contribution >= 0.6 is 0 Å². The van der Waals surface area contributed by atoms with Gasteiger partial charge >= 0.3 is 6.01 Å². The predicted octanol–water partition coefficient (Wildman–Crippen LogP) is 1.55. The maximum absolute atomic E-state index is 5.34. The third kappa shape index (κ3) is 3.72. The highest BCUT2D eigenvalue weighted by atomic mass is 16.5. The van der Waals surface area contributed by atoms with Gasteiger partial charge in [0.2, 0.25) is 11.9 Å². The minimum Gasteiger partial charge on any atom is -0.464 e. The van der Waals surface area contributed by atoms with E-state index in [1.165, 1.54) is 0 Å². The Morgan fingerprint density at radius 2 is 1.76 bits per heavy atom. The molecule has 1 N–H and O–H groups in total. The summed E-state index contributed by atoms with van der Waals surface area (Å²) in [5.74, 6) is 1.22. The maximum Gasteiger partial charge on any atom is 0.323 e. The van der Waals surface area contributed by atoms with Crippen molar-refractivity contribution in [2.75, 3.05) is 36.5 Å². The van der Waals surface area contributed by atoms with Gasteiger partial charge < -0.3 is 15.0 Å². The highest BCUT2D eigenvalue weighted by Gasteiger charge is 2.11. The van der Waals surface area contributed by atoms with E-state index in [-0.39, 0.29) is 0 Å². The first-order valence-electron chi connectivity index (χ1n) is 6.12. The summed E-state index contributed by atoms with van der Waals surface area (Å²) in [6, 6.07) is 0.375. The molecule has 0 radical (unpaired) electrons. The lowest BCUT2D eigenvalue weighted by molar-refractivity contribution is 0.312. The van der Waals surface area contributed by atoms with Crippen molar-refractivity contribution >= 4 is 11.9 Å². The number of anilines is 2. The highest BCUT2D eigenvalue weighted by molar-refractivity contribution is 5.38. The molecule has 0 unspecified atom stereocenters. The van der Waals surface area contributed by atoms with Crippen LogP contribution in [0.5, 0.6) is 6.01 Å². The quantitative estimate of drug-likeness (QED) is 0.779. The van der Waals surface area contributed by atoms with E-state index < -0.39 is 0 Å². The van der Waals surface area contributed by atoms with Gasteiger partial charge in [0.25, 0.3) is 0 Å². The molecule has 96 valence electrons. The number of nitrogens with one attached hydrogen (secondary N) is 1. The van der Waals surface area contributed by atoms with Gasteiger partial charge in [0.15, 0.2) is 0 Å². The third-order valence-corrected chi connectivity index (χ3v) is 2.26. The first-order valence-corrected chi connectivity index (χ1v) is 6.12. The van der Waals surface area contributed by atoms with Crippen LogP contribution in [-0.2, 0) is 0 Å². The Morgan fingerprint density at radius 1 is 1.06 bits per heavy atom. The molecule has 1 heterocycles. The Hall–Kier alpha value is -1.59. The summed E-state index contributed by atoms with van der Waals surface area (Å²) in [5.41, 5.74) is 0. The van der Waals surface area contributed by atoms with Crippen molar-refractivity contribution in [3.8, 4) is 6.01 Å². The van der Waals surface area contributed by atoms with Crippen LogP contribution in [0.1, 0.15) is 27.7 Å². The Bertz CT molecular complexity index is 316. The van der Waals surface area contributed by atoms with E-state index in [1.54, 1.807) is 0 Å². The molecule has 6 heteroatoms. The minimum atomic E-state index is 0.375. The van der Waals surface area contributed by atoms with Gasteiger partial charge in [-0.2, -0.15) is 15.0 Å². The van der Waals surface area contributed by atoms with Gasteiger partial charge in [-0.05, 0) is 27.7 Å². The molecule has 0 aliphatic heterocycles. The predicted molar refractivity (Wildman–Crippen MR) is 68.7 cm³/mol. The minimum absolute atomic E-state index is 0.375. The molecule has 1 rings (SSSR count). The summed E-state index contributed by atoms with van der Waals surface area (Å²) >= 11 is 0. The highest BCUT2D eigenvalue weighted by Crippen LogP contribution is 2.14. The molecule has 0 aliphatic carbocycles. The first-order chi connectivity index (χ1) is 8.24. The van der Waals surface area contributed by atoms with Crippen LogP contribution in [0, 0.1) is 0 Å². The van der Waals surface area contributed by atoms with Crippen molar-refractivity contribution in [2.24, 2.45) is 0 Å². The van der Waals surface area contributed by atoms with Crippen molar-refractivity contribution in [2.45, 2.75) is 27.7 Å². The Labute approximate surface area is 102 Å². The molecule has 0 atom stereocenters. The molecule has 0 fully saturated rings. The van der Waals surface area contributed by atoms with Crippen LogP contribution in [0.25, 0.3) is 0 Å². The summed E-state index contributed by atoms with van der Waals surface area (Å²) in [6.45, 7) is 11.1. The Kier molecular flexibility index (Phi) is 5.45. The molecule has 0 spiro atoms. The van der Waals surface area contributed by atoms with Crippen molar-refractivity contribution in [3.63, 3.8) is 0 Å². The normalized spacial score (nSPS) is 10.1. The average molecular weight is 239 g/mol. The second-order valence-electron chi connectivity index (χ2n) is 3.38. The molecule has 1 aromatic heterocycles. The fourth-order valence-corrected chi connectivity index (χ4v) is 1.42. The van der Waals surface area contributed by atoms with Crippen LogP contribution in [0.15, 0.2) is 0 Å². The molecule has 1 aromatic rings. The summed E-state index contributed by atoms with van der Waals surface area (Å²) in [4.78, 5) is 14.9. The van der Waals surface area contributed by atoms with Crippen molar-refractivity contribution in [1.82, 2.24) is 15.0 Å². The van der Waals surface area contributed by atoms with E-state index in [4.69, 9.17) is 4.74 Å². The molecular formula is C11H21N5O. The summed E-state index contributed by atoms with van der Waals surface area (Å²) in [6.07, 6.45) is 0. The lowest BCUT2D eigenvalue weighted by Crippen LogP contribution is -2.25. The van der Waals surface area contributed by atoms with E-state index in [9.17, 15) is 0 Å². The van der Waals surface area contributed by atoms with Crippen molar-refractivity contribution < 1.29 is 4.74 Å². The SMILES string of the molecule is CCNc1nc(OCC)nc(N(CC)CC)n1. The number of ether oxygens (including phenoxy) is 1. The zero-order valence-corrected chi connectivity index (χ0v) is 11.0. The van der Waals surface area contributed by atoms with Crippen molar-refractivity contribution in [1.29, 1.82) is 0 Å². The number of aromatic nitrogens is 3. The van der Waals surface area contributed by atoms with Crippen LogP contribution in [0.4, 0.5) is 11.9 Å². The van der Waals surface area contributed by atoms with E-state index in [0.29, 0.717) is 24.5 Å². The fraction of sp³-hybridized carbons (Fsp3) is 0.727. The van der Waals surface area contributed by atoms with Crippen LogP contribution < -0.4 is 15.0 Å². The van der Waals surface area contributed by atoms with Gasteiger partial charge in [-0.3, -0.25) is 0 Å². The van der Waals surface area contributed by atoms with Gasteiger partial charge in [-0.1, -0.05) is 0 Å². The molecular weight excluding hydrogens is 218 g/mol. The summed E-state index contributed by atoms with van der Waals surface area (Å²) in [5, 5.41) is 3.08. The van der Waals surface area contributed by atoms with E-state index in [0.717, 1.165) is 19.6 Å². The molecule has 0 saturated carbocycles. The molecule has 0 aromatic carbocycles. The van der Waals surface area contributed by atoms with E-state index >= 15 is 0 Å². The third-order valence-electron chi connectivity index (χ3n) is 2.26. The smallest absolute Gasteiger partial charge is 0.323 e. The standard InChI is InChI=1S/C11H21N5O/c1-5-12-9-13-10(16(6-2)7-3)15-11(14-9)17-8-4/h5-8H2,1-4H3,(H,12,13,14,15). The fourth-order valence-electron chi connectivity index (χ4n) is 1.42. The molecule has 6 nitrogen and oxygen atoms in total.